The average Bonchev–Trinajstić information content (AvgIpc) is 2.89. The van der Waals surface area contributed by atoms with Crippen molar-refractivity contribution in [1.82, 2.24) is 10.2 Å². The number of halogens is 1. The first-order valence-corrected chi connectivity index (χ1v) is 14.8. The molecule has 1 atom stereocenters. The van der Waals surface area contributed by atoms with Gasteiger partial charge in [-0.1, -0.05) is 43.0 Å². The molecule has 1 fully saturated rings. The Morgan fingerprint density at radius 2 is 1.79 bits per heavy atom. The Morgan fingerprint density at radius 3 is 2.42 bits per heavy atom. The first kappa shape index (κ1) is 29.6. The molecule has 2 aromatic carbocycles. The van der Waals surface area contributed by atoms with Crippen LogP contribution in [0.25, 0.3) is 0 Å². The number of rotatable bonds is 11. The molecule has 0 unspecified atom stereocenters. The number of carbonyl (C=O) groups is 2. The Labute approximate surface area is 230 Å². The molecule has 1 aliphatic rings. The number of anilines is 1. The summed E-state index contributed by atoms with van der Waals surface area (Å²) in [5, 5.41) is 3.36. The van der Waals surface area contributed by atoms with E-state index < -0.39 is 28.5 Å². The zero-order valence-corrected chi connectivity index (χ0v) is 23.8. The quantitative estimate of drug-likeness (QED) is 0.442. The number of hydrogen-bond donors (Lipinski definition) is 1. The van der Waals surface area contributed by atoms with E-state index in [0.29, 0.717) is 5.75 Å². The zero-order chi connectivity index (χ0) is 27.9. The van der Waals surface area contributed by atoms with Gasteiger partial charge in [-0.05, 0) is 55.7 Å². The van der Waals surface area contributed by atoms with Crippen LogP contribution in [-0.4, -0.2) is 64.2 Å². The van der Waals surface area contributed by atoms with E-state index in [2.05, 4.69) is 5.32 Å². The smallest absolute Gasteiger partial charge is 0.244 e. The molecule has 0 heterocycles. The average molecular weight is 566 g/mol. The lowest BCUT2D eigenvalue weighted by molar-refractivity contribution is -0.139. The summed E-state index contributed by atoms with van der Waals surface area (Å²) >= 11 is 6.15. The van der Waals surface area contributed by atoms with Crippen molar-refractivity contribution in [2.45, 2.75) is 57.7 Å². The summed E-state index contributed by atoms with van der Waals surface area (Å²) in [6.07, 6.45) is 6.06. The van der Waals surface area contributed by atoms with Crippen LogP contribution in [0.2, 0.25) is 5.02 Å². The monoisotopic (exact) mass is 565 g/mol. The van der Waals surface area contributed by atoms with E-state index in [-0.39, 0.29) is 35.0 Å². The Bertz CT molecular complexity index is 1230. The maximum atomic E-state index is 13.8. The minimum atomic E-state index is -3.92. The van der Waals surface area contributed by atoms with Gasteiger partial charge in [-0.2, -0.15) is 0 Å². The van der Waals surface area contributed by atoms with Crippen LogP contribution in [0.3, 0.4) is 0 Å². The van der Waals surface area contributed by atoms with Crippen molar-refractivity contribution in [2.24, 2.45) is 0 Å². The summed E-state index contributed by atoms with van der Waals surface area (Å²) in [5.74, 6) is 0.0247. The van der Waals surface area contributed by atoms with Crippen LogP contribution >= 0.6 is 11.6 Å². The molecule has 3 rings (SSSR count). The highest BCUT2D eigenvalue weighted by atomic mass is 35.5. The maximum absolute atomic E-state index is 13.8. The highest BCUT2D eigenvalue weighted by Gasteiger charge is 2.32. The van der Waals surface area contributed by atoms with Crippen LogP contribution < -0.4 is 19.1 Å². The van der Waals surface area contributed by atoms with Gasteiger partial charge in [-0.25, -0.2) is 8.42 Å². The summed E-state index contributed by atoms with van der Waals surface area (Å²) in [6, 6.07) is 10.9. The van der Waals surface area contributed by atoms with E-state index >= 15 is 0 Å². The van der Waals surface area contributed by atoms with Crippen LogP contribution in [-0.2, 0) is 26.2 Å². The van der Waals surface area contributed by atoms with E-state index in [1.807, 2.05) is 6.07 Å². The summed E-state index contributed by atoms with van der Waals surface area (Å²) < 4.78 is 37.3. The fraction of sp³-hybridized carbons (Fsp3) is 0.481. The lowest BCUT2D eigenvalue weighted by atomic mass is 9.95. The molecule has 0 saturated heterocycles. The SMILES string of the molecule is COc1cccc(CN(C(=O)CN(c2cc(Cl)ccc2OC)S(C)(=O)=O)[C@@H](C)C(=O)NC2CCCCC2)c1. The van der Waals surface area contributed by atoms with Crippen LogP contribution in [0.1, 0.15) is 44.6 Å². The molecule has 2 aromatic rings. The fourth-order valence-corrected chi connectivity index (χ4v) is 5.58. The van der Waals surface area contributed by atoms with Gasteiger partial charge in [0.05, 0.1) is 26.2 Å². The van der Waals surface area contributed by atoms with Crippen LogP contribution in [0.15, 0.2) is 42.5 Å². The van der Waals surface area contributed by atoms with Crippen molar-refractivity contribution < 1.29 is 27.5 Å². The molecular weight excluding hydrogens is 530 g/mol. The molecule has 11 heteroatoms. The first-order valence-electron chi connectivity index (χ1n) is 12.6. The number of carbonyl (C=O) groups excluding carboxylic acids is 2. The topological polar surface area (TPSA) is 105 Å². The van der Waals surface area contributed by atoms with Gasteiger partial charge in [0.2, 0.25) is 21.8 Å². The largest absolute Gasteiger partial charge is 0.497 e. The molecular formula is C27H36ClN3O6S. The molecule has 38 heavy (non-hydrogen) atoms. The standard InChI is InChI=1S/C27H36ClN3O6S/c1-19(27(33)29-22-10-6-5-7-11-22)30(17-20-9-8-12-23(15-20)36-2)26(32)18-31(38(4,34)35)24-16-21(28)13-14-25(24)37-3/h8-9,12-16,19,22H,5-7,10-11,17-18H2,1-4H3,(H,29,33)/t19-/m0/s1. The predicted molar refractivity (Wildman–Crippen MR) is 148 cm³/mol. The maximum Gasteiger partial charge on any atom is 0.244 e. The minimum Gasteiger partial charge on any atom is -0.497 e. The third-order valence-corrected chi connectivity index (χ3v) is 8.06. The molecule has 0 aliphatic heterocycles. The molecule has 9 nitrogen and oxygen atoms in total. The van der Waals surface area contributed by atoms with Crippen molar-refractivity contribution in [3.63, 3.8) is 0 Å². The number of benzene rings is 2. The van der Waals surface area contributed by atoms with Gasteiger partial charge in [0.1, 0.15) is 24.1 Å². The number of amides is 2. The zero-order valence-electron chi connectivity index (χ0n) is 22.3. The Kier molecular flexibility index (Phi) is 10.3. The molecule has 0 spiro atoms. The number of methoxy groups -OCH3 is 2. The molecule has 208 valence electrons. The Morgan fingerprint density at radius 1 is 1.08 bits per heavy atom. The highest BCUT2D eigenvalue weighted by Crippen LogP contribution is 2.33. The molecule has 0 bridgehead atoms. The lowest BCUT2D eigenvalue weighted by Crippen LogP contribution is -2.53. The summed E-state index contributed by atoms with van der Waals surface area (Å²) in [4.78, 5) is 28.5. The van der Waals surface area contributed by atoms with E-state index in [1.165, 1.54) is 24.1 Å². The molecule has 1 saturated carbocycles. The van der Waals surface area contributed by atoms with Crippen LogP contribution in [0, 0.1) is 0 Å². The van der Waals surface area contributed by atoms with Crippen molar-refractivity contribution in [1.29, 1.82) is 0 Å². The van der Waals surface area contributed by atoms with E-state index in [9.17, 15) is 18.0 Å². The number of nitrogens with zero attached hydrogens (tertiary/aromatic N) is 2. The minimum absolute atomic E-state index is 0.0655. The van der Waals surface area contributed by atoms with Gasteiger partial charge in [0.15, 0.2) is 0 Å². The number of nitrogens with one attached hydrogen (secondary N) is 1. The van der Waals surface area contributed by atoms with Crippen molar-refractivity contribution >= 4 is 39.1 Å². The van der Waals surface area contributed by atoms with Gasteiger partial charge in [-0.3, -0.25) is 13.9 Å². The number of hydrogen-bond acceptors (Lipinski definition) is 6. The summed E-state index contributed by atoms with van der Waals surface area (Å²) in [6.45, 7) is 1.20. The summed E-state index contributed by atoms with van der Waals surface area (Å²) in [7, 11) is -0.971. The molecule has 1 N–H and O–H groups in total. The van der Waals surface area contributed by atoms with E-state index in [4.69, 9.17) is 21.1 Å². The van der Waals surface area contributed by atoms with Crippen molar-refractivity contribution in [2.75, 3.05) is 31.3 Å². The normalized spacial score (nSPS) is 14.9. The van der Waals surface area contributed by atoms with Gasteiger partial charge in [-0.15, -0.1) is 0 Å². The van der Waals surface area contributed by atoms with Gasteiger partial charge in [0, 0.05) is 17.6 Å². The van der Waals surface area contributed by atoms with Gasteiger partial charge >= 0.3 is 0 Å². The highest BCUT2D eigenvalue weighted by molar-refractivity contribution is 7.92. The predicted octanol–water partition coefficient (Wildman–Crippen LogP) is 3.99. The second kappa shape index (κ2) is 13.2. The molecule has 1 aliphatic carbocycles. The van der Waals surface area contributed by atoms with Crippen molar-refractivity contribution in [3.8, 4) is 11.5 Å². The fourth-order valence-electron chi connectivity index (χ4n) is 4.57. The first-order chi connectivity index (χ1) is 18.0. The van der Waals surface area contributed by atoms with Gasteiger partial charge < -0.3 is 19.7 Å². The van der Waals surface area contributed by atoms with Crippen LogP contribution in [0.5, 0.6) is 11.5 Å². The third-order valence-electron chi connectivity index (χ3n) is 6.69. The Hall–Kier alpha value is -2.98. The lowest BCUT2D eigenvalue weighted by Gasteiger charge is -2.33. The van der Waals surface area contributed by atoms with Gasteiger partial charge in [0.25, 0.3) is 0 Å². The summed E-state index contributed by atoms with van der Waals surface area (Å²) in [5.41, 5.74) is 0.873. The Balaban J connectivity index is 1.93. The second-order valence-electron chi connectivity index (χ2n) is 9.48. The van der Waals surface area contributed by atoms with Crippen LogP contribution in [0.4, 0.5) is 5.69 Å². The van der Waals surface area contributed by atoms with E-state index in [1.54, 1.807) is 38.3 Å². The van der Waals surface area contributed by atoms with E-state index in [0.717, 1.165) is 48.2 Å². The third kappa shape index (κ3) is 7.77. The molecule has 0 aromatic heterocycles. The second-order valence-corrected chi connectivity index (χ2v) is 11.8. The molecule has 2 amide bonds. The number of sulfonamides is 1. The number of ether oxygens (including phenoxy) is 2. The molecule has 0 radical (unpaired) electrons. The van der Waals surface area contributed by atoms with Crippen molar-refractivity contribution in [3.05, 3.63) is 53.1 Å².